The van der Waals surface area contributed by atoms with Crippen molar-refractivity contribution in [2.45, 2.75) is 13.8 Å². The van der Waals surface area contributed by atoms with E-state index >= 15 is 0 Å². The van der Waals surface area contributed by atoms with E-state index in [1.807, 2.05) is 29.8 Å². The van der Waals surface area contributed by atoms with Crippen molar-refractivity contribution in [2.24, 2.45) is 0 Å². The third-order valence-corrected chi connectivity index (χ3v) is 4.21. The predicted molar refractivity (Wildman–Crippen MR) is 93.8 cm³/mol. The van der Waals surface area contributed by atoms with Crippen molar-refractivity contribution in [3.8, 4) is 16.9 Å². The van der Waals surface area contributed by atoms with Crippen molar-refractivity contribution in [1.82, 2.24) is 15.0 Å². The highest BCUT2D eigenvalue weighted by molar-refractivity contribution is 5.98. The highest BCUT2D eigenvalue weighted by atomic mass is 15.4. The van der Waals surface area contributed by atoms with Gasteiger partial charge in [-0.25, -0.2) is 4.68 Å². The first-order chi connectivity index (χ1) is 11.3. The highest BCUT2D eigenvalue weighted by Gasteiger charge is 2.17. The van der Waals surface area contributed by atoms with Gasteiger partial charge >= 0.3 is 0 Å². The molecule has 0 radical (unpaired) electrons. The van der Waals surface area contributed by atoms with Gasteiger partial charge in [0.25, 0.3) is 0 Å². The van der Waals surface area contributed by atoms with E-state index in [0.29, 0.717) is 0 Å². The molecular weight excluding hydrogens is 282 g/mol. The summed E-state index contributed by atoms with van der Waals surface area (Å²) in [6.45, 7) is 4.16. The van der Waals surface area contributed by atoms with Crippen molar-refractivity contribution < 1.29 is 0 Å². The average Bonchev–Trinajstić information content (AvgIpc) is 2.97. The molecule has 0 amide bonds. The van der Waals surface area contributed by atoms with Crippen LogP contribution in [-0.2, 0) is 0 Å². The maximum atomic E-state index is 4.38. The summed E-state index contributed by atoms with van der Waals surface area (Å²) in [5, 5.41) is 11.2. The van der Waals surface area contributed by atoms with Crippen molar-refractivity contribution in [3.05, 3.63) is 78.0 Å². The monoisotopic (exact) mass is 299 g/mol. The smallest absolute Gasteiger partial charge is 0.0982 e. The molecule has 23 heavy (non-hydrogen) atoms. The Morgan fingerprint density at radius 2 is 1.52 bits per heavy atom. The zero-order valence-electron chi connectivity index (χ0n) is 13.2. The van der Waals surface area contributed by atoms with E-state index in [2.05, 4.69) is 65.8 Å². The molecular formula is C20H17N3. The van der Waals surface area contributed by atoms with Crippen molar-refractivity contribution >= 4 is 10.8 Å². The molecule has 3 nitrogen and oxygen atoms in total. The van der Waals surface area contributed by atoms with Crippen LogP contribution in [0.3, 0.4) is 0 Å². The summed E-state index contributed by atoms with van der Waals surface area (Å²) in [6.07, 6.45) is 0. The van der Waals surface area contributed by atoms with Gasteiger partial charge in [0.2, 0.25) is 0 Å². The number of para-hydroxylation sites is 1. The van der Waals surface area contributed by atoms with Gasteiger partial charge in [-0.05, 0) is 42.3 Å². The lowest BCUT2D eigenvalue weighted by atomic mass is 9.96. The summed E-state index contributed by atoms with van der Waals surface area (Å²) in [4.78, 5) is 0. The first-order valence-electron chi connectivity index (χ1n) is 7.72. The second-order valence-corrected chi connectivity index (χ2v) is 5.75. The molecule has 112 valence electrons. The molecule has 1 aromatic heterocycles. The normalized spacial score (nSPS) is 11.0. The van der Waals surface area contributed by atoms with Crippen molar-refractivity contribution in [1.29, 1.82) is 0 Å². The molecule has 0 fully saturated rings. The second kappa shape index (κ2) is 5.36. The van der Waals surface area contributed by atoms with Gasteiger partial charge in [0.1, 0.15) is 0 Å². The minimum Gasteiger partial charge on any atom is -0.213 e. The van der Waals surface area contributed by atoms with Crippen molar-refractivity contribution in [2.75, 3.05) is 0 Å². The van der Waals surface area contributed by atoms with Crippen LogP contribution in [0.1, 0.15) is 11.3 Å². The van der Waals surface area contributed by atoms with Crippen LogP contribution in [0.25, 0.3) is 27.7 Å². The van der Waals surface area contributed by atoms with Crippen LogP contribution in [0.2, 0.25) is 0 Å². The van der Waals surface area contributed by atoms with Crippen LogP contribution in [-0.4, -0.2) is 15.0 Å². The molecule has 0 aliphatic carbocycles. The largest absolute Gasteiger partial charge is 0.213 e. The number of aromatic nitrogens is 3. The third kappa shape index (κ3) is 2.21. The first-order valence-corrected chi connectivity index (χ1v) is 7.72. The SMILES string of the molecule is Cc1ccc2ccccc2c1-c1c(C)nnn1-c1ccccc1. The molecule has 3 heteroatoms. The quantitative estimate of drug-likeness (QED) is 0.537. The van der Waals surface area contributed by atoms with Gasteiger partial charge in [0, 0.05) is 5.56 Å². The van der Waals surface area contributed by atoms with Crippen LogP contribution in [0, 0.1) is 13.8 Å². The molecule has 0 saturated heterocycles. The fourth-order valence-corrected chi connectivity index (χ4v) is 3.09. The number of hydrogen-bond donors (Lipinski definition) is 0. The fourth-order valence-electron chi connectivity index (χ4n) is 3.09. The van der Waals surface area contributed by atoms with Gasteiger partial charge < -0.3 is 0 Å². The van der Waals surface area contributed by atoms with E-state index in [9.17, 15) is 0 Å². The number of benzene rings is 3. The Kier molecular flexibility index (Phi) is 3.19. The number of nitrogens with zero attached hydrogens (tertiary/aromatic N) is 3. The second-order valence-electron chi connectivity index (χ2n) is 5.75. The number of hydrogen-bond acceptors (Lipinski definition) is 2. The Morgan fingerprint density at radius 1 is 0.783 bits per heavy atom. The Hall–Kier alpha value is -2.94. The molecule has 0 spiro atoms. The Bertz CT molecular complexity index is 984. The molecule has 0 unspecified atom stereocenters. The molecule has 4 aromatic rings. The molecule has 3 aromatic carbocycles. The molecule has 0 aliphatic rings. The van der Waals surface area contributed by atoms with Gasteiger partial charge in [0.15, 0.2) is 0 Å². The standard InChI is InChI=1S/C20H17N3/c1-14-12-13-16-8-6-7-11-18(16)19(14)20-15(2)21-22-23(20)17-9-4-3-5-10-17/h3-13H,1-2H3. The Balaban J connectivity index is 2.07. The number of rotatable bonds is 2. The maximum absolute atomic E-state index is 4.38. The Morgan fingerprint density at radius 3 is 2.35 bits per heavy atom. The summed E-state index contributed by atoms with van der Waals surface area (Å²) in [5.41, 5.74) is 5.45. The van der Waals surface area contributed by atoms with E-state index < -0.39 is 0 Å². The highest BCUT2D eigenvalue weighted by Crippen LogP contribution is 2.34. The first kappa shape index (κ1) is 13.7. The zero-order chi connectivity index (χ0) is 15.8. The Labute approximate surface area is 135 Å². The van der Waals surface area contributed by atoms with Gasteiger partial charge in [-0.15, -0.1) is 5.10 Å². The van der Waals surface area contributed by atoms with Crippen LogP contribution in [0.4, 0.5) is 0 Å². The van der Waals surface area contributed by atoms with E-state index in [1.54, 1.807) is 0 Å². The van der Waals surface area contributed by atoms with Gasteiger partial charge in [-0.3, -0.25) is 0 Å². The average molecular weight is 299 g/mol. The van der Waals surface area contributed by atoms with E-state index in [1.165, 1.54) is 21.9 Å². The summed E-state index contributed by atoms with van der Waals surface area (Å²) in [7, 11) is 0. The van der Waals surface area contributed by atoms with Crippen LogP contribution in [0.15, 0.2) is 66.7 Å². The van der Waals surface area contributed by atoms with Crippen LogP contribution in [0.5, 0.6) is 0 Å². The third-order valence-electron chi connectivity index (χ3n) is 4.21. The molecule has 4 rings (SSSR count). The molecule has 0 saturated carbocycles. The van der Waals surface area contributed by atoms with E-state index in [4.69, 9.17) is 0 Å². The van der Waals surface area contributed by atoms with Gasteiger partial charge in [-0.2, -0.15) is 0 Å². The van der Waals surface area contributed by atoms with E-state index in [-0.39, 0.29) is 0 Å². The lowest BCUT2D eigenvalue weighted by Gasteiger charge is -2.13. The zero-order valence-corrected chi connectivity index (χ0v) is 13.2. The molecule has 0 aliphatic heterocycles. The van der Waals surface area contributed by atoms with Crippen LogP contribution < -0.4 is 0 Å². The molecule has 0 bridgehead atoms. The molecule has 1 heterocycles. The lowest BCUT2D eigenvalue weighted by Crippen LogP contribution is -2.01. The van der Waals surface area contributed by atoms with Gasteiger partial charge in [0.05, 0.1) is 17.1 Å². The maximum Gasteiger partial charge on any atom is 0.0982 e. The summed E-state index contributed by atoms with van der Waals surface area (Å²) < 4.78 is 1.93. The topological polar surface area (TPSA) is 30.7 Å². The minimum absolute atomic E-state index is 0.938. The molecule has 0 atom stereocenters. The van der Waals surface area contributed by atoms with Crippen molar-refractivity contribution in [3.63, 3.8) is 0 Å². The predicted octanol–water partition coefficient (Wildman–Crippen LogP) is 4.70. The lowest BCUT2D eigenvalue weighted by molar-refractivity contribution is 0.805. The molecule has 0 N–H and O–H groups in total. The number of fused-ring (bicyclic) bond motifs is 1. The fraction of sp³-hybridized carbons (Fsp3) is 0.100. The number of aryl methyl sites for hydroxylation is 2. The van der Waals surface area contributed by atoms with Crippen LogP contribution >= 0.6 is 0 Å². The summed E-state index contributed by atoms with van der Waals surface area (Å²) >= 11 is 0. The van der Waals surface area contributed by atoms with Gasteiger partial charge in [-0.1, -0.05) is 59.8 Å². The minimum atomic E-state index is 0.938. The summed E-state index contributed by atoms with van der Waals surface area (Å²) in [6, 6.07) is 23.0. The van der Waals surface area contributed by atoms with E-state index in [0.717, 1.165) is 17.1 Å². The summed E-state index contributed by atoms with van der Waals surface area (Å²) in [5.74, 6) is 0.